The molecule has 0 heterocycles. The molecule has 1 N–H and O–H groups in total. The molecule has 0 fully saturated rings. The number of amides is 1. The molecule has 0 spiro atoms. The van der Waals surface area contributed by atoms with E-state index in [1.807, 2.05) is 24.3 Å². The van der Waals surface area contributed by atoms with E-state index in [2.05, 4.69) is 31.2 Å². The van der Waals surface area contributed by atoms with Crippen molar-refractivity contribution < 1.29 is 14.6 Å². The number of hydrogen-bond acceptors (Lipinski definition) is 3. The topological polar surface area (TPSA) is 49.8 Å². The third-order valence-electron chi connectivity index (χ3n) is 5.00. The highest BCUT2D eigenvalue weighted by molar-refractivity contribution is 5.79. The quantitative estimate of drug-likeness (QED) is 0.715. The fraction of sp³-hybridized carbons (Fsp3) is 0.409. The third-order valence-corrected chi connectivity index (χ3v) is 5.00. The second-order valence-corrected chi connectivity index (χ2v) is 6.72. The Hall–Kier alpha value is -2.33. The molecule has 0 unspecified atom stereocenters. The van der Waals surface area contributed by atoms with Crippen LogP contribution >= 0.6 is 0 Å². The van der Waals surface area contributed by atoms with Gasteiger partial charge in [0.1, 0.15) is 6.61 Å². The first kappa shape index (κ1) is 18.5. The number of aliphatic hydroxyl groups is 1. The van der Waals surface area contributed by atoms with E-state index in [0.717, 1.165) is 19.3 Å². The van der Waals surface area contributed by atoms with Crippen molar-refractivity contribution in [3.8, 4) is 11.1 Å². The van der Waals surface area contributed by atoms with E-state index in [1.54, 1.807) is 4.90 Å². The van der Waals surface area contributed by atoms with E-state index in [-0.39, 0.29) is 18.6 Å². The van der Waals surface area contributed by atoms with Crippen molar-refractivity contribution in [2.75, 3.05) is 26.3 Å². The molecular formula is C22H27NO3. The number of fused-ring (bicyclic) bond motifs is 3. The van der Waals surface area contributed by atoms with Gasteiger partial charge >= 0.3 is 6.09 Å². The van der Waals surface area contributed by atoms with Gasteiger partial charge in [0.2, 0.25) is 0 Å². The summed E-state index contributed by atoms with van der Waals surface area (Å²) in [5.74, 6) is 0.0676. The van der Waals surface area contributed by atoms with Crippen LogP contribution in [0, 0.1) is 0 Å². The highest BCUT2D eigenvalue weighted by atomic mass is 16.6. The van der Waals surface area contributed by atoms with Crippen molar-refractivity contribution >= 4 is 6.09 Å². The van der Waals surface area contributed by atoms with Gasteiger partial charge in [-0.15, -0.1) is 0 Å². The van der Waals surface area contributed by atoms with Gasteiger partial charge in [0, 0.05) is 19.0 Å². The smallest absolute Gasteiger partial charge is 0.409 e. The average molecular weight is 353 g/mol. The Morgan fingerprint density at radius 1 is 1.00 bits per heavy atom. The molecule has 0 aliphatic heterocycles. The van der Waals surface area contributed by atoms with Crippen molar-refractivity contribution in [3.63, 3.8) is 0 Å². The lowest BCUT2D eigenvalue weighted by Crippen LogP contribution is -2.35. The summed E-state index contributed by atoms with van der Waals surface area (Å²) >= 11 is 0. The first-order valence-electron chi connectivity index (χ1n) is 9.47. The van der Waals surface area contributed by atoms with Crippen LogP contribution in [0.4, 0.5) is 4.79 Å². The average Bonchev–Trinajstić information content (AvgIpc) is 2.99. The number of rotatable bonds is 8. The van der Waals surface area contributed by atoms with Crippen LogP contribution in [0.15, 0.2) is 48.5 Å². The van der Waals surface area contributed by atoms with Gasteiger partial charge in [-0.05, 0) is 28.7 Å². The summed E-state index contributed by atoms with van der Waals surface area (Å²) in [6.07, 6.45) is 2.76. The maximum atomic E-state index is 12.5. The number of unbranched alkanes of at least 4 members (excludes halogenated alkanes) is 2. The van der Waals surface area contributed by atoms with E-state index < -0.39 is 0 Å². The molecule has 3 rings (SSSR count). The first-order valence-corrected chi connectivity index (χ1v) is 9.47. The number of carbonyl (C=O) groups is 1. The van der Waals surface area contributed by atoms with Gasteiger partial charge in [0.05, 0.1) is 6.61 Å². The molecule has 2 aromatic carbocycles. The highest BCUT2D eigenvalue weighted by Gasteiger charge is 2.29. The van der Waals surface area contributed by atoms with Gasteiger partial charge in [-0.1, -0.05) is 68.3 Å². The standard InChI is InChI=1S/C22H27NO3/c1-2-3-8-13-23(14-15-24)22(25)26-16-21-19-11-6-4-9-17(19)18-10-5-7-12-20(18)21/h4-7,9-12,21,24H,2-3,8,13-16H2,1H3. The number of benzene rings is 2. The molecule has 0 saturated carbocycles. The van der Waals surface area contributed by atoms with Crippen LogP contribution in [0.5, 0.6) is 0 Å². The second kappa shape index (κ2) is 8.86. The van der Waals surface area contributed by atoms with Crippen molar-refractivity contribution in [3.05, 3.63) is 59.7 Å². The van der Waals surface area contributed by atoms with Gasteiger partial charge in [-0.2, -0.15) is 0 Å². The molecule has 1 amide bonds. The molecule has 1 aliphatic rings. The minimum Gasteiger partial charge on any atom is -0.448 e. The number of ether oxygens (including phenoxy) is 1. The molecule has 138 valence electrons. The van der Waals surface area contributed by atoms with Gasteiger partial charge in [0.25, 0.3) is 0 Å². The molecule has 0 atom stereocenters. The van der Waals surface area contributed by atoms with Crippen LogP contribution in [0.25, 0.3) is 11.1 Å². The molecule has 1 aliphatic carbocycles. The Kier molecular flexibility index (Phi) is 6.29. The van der Waals surface area contributed by atoms with Crippen molar-refractivity contribution in [1.29, 1.82) is 0 Å². The summed E-state index contributed by atoms with van der Waals surface area (Å²) in [5, 5.41) is 9.23. The predicted octanol–water partition coefficient (Wildman–Crippen LogP) is 4.42. The molecule has 26 heavy (non-hydrogen) atoms. The fourth-order valence-corrected chi connectivity index (χ4v) is 3.65. The second-order valence-electron chi connectivity index (χ2n) is 6.72. The van der Waals surface area contributed by atoms with Gasteiger partial charge in [-0.3, -0.25) is 0 Å². The van der Waals surface area contributed by atoms with Crippen LogP contribution in [0.1, 0.15) is 43.2 Å². The number of hydrogen-bond donors (Lipinski definition) is 1. The van der Waals surface area contributed by atoms with E-state index in [4.69, 9.17) is 4.74 Å². The Labute approximate surface area is 155 Å². The van der Waals surface area contributed by atoms with Crippen LogP contribution in [-0.4, -0.2) is 42.4 Å². The van der Waals surface area contributed by atoms with E-state index >= 15 is 0 Å². The fourth-order valence-electron chi connectivity index (χ4n) is 3.65. The normalized spacial score (nSPS) is 12.5. The molecule has 2 aromatic rings. The lowest BCUT2D eigenvalue weighted by molar-refractivity contribution is 0.0911. The summed E-state index contributed by atoms with van der Waals surface area (Å²) in [5.41, 5.74) is 4.86. The van der Waals surface area contributed by atoms with Gasteiger partial charge in [0.15, 0.2) is 0 Å². The number of aliphatic hydroxyl groups excluding tert-OH is 1. The van der Waals surface area contributed by atoms with E-state index in [0.29, 0.717) is 19.7 Å². The zero-order chi connectivity index (χ0) is 18.4. The number of carbonyl (C=O) groups excluding carboxylic acids is 1. The van der Waals surface area contributed by atoms with Crippen molar-refractivity contribution in [2.24, 2.45) is 0 Å². The van der Waals surface area contributed by atoms with Crippen LogP contribution < -0.4 is 0 Å². The zero-order valence-electron chi connectivity index (χ0n) is 15.4. The maximum absolute atomic E-state index is 12.5. The van der Waals surface area contributed by atoms with Crippen LogP contribution in [-0.2, 0) is 4.74 Å². The Balaban J connectivity index is 1.69. The largest absolute Gasteiger partial charge is 0.448 e. The van der Waals surface area contributed by atoms with Crippen LogP contribution in [0.2, 0.25) is 0 Å². The summed E-state index contributed by atoms with van der Waals surface area (Å²) in [7, 11) is 0. The van der Waals surface area contributed by atoms with E-state index in [1.165, 1.54) is 22.3 Å². The summed E-state index contributed by atoms with van der Waals surface area (Å²) in [6, 6.07) is 16.6. The van der Waals surface area contributed by atoms with Gasteiger partial charge < -0.3 is 14.7 Å². The zero-order valence-corrected chi connectivity index (χ0v) is 15.4. The third kappa shape index (κ3) is 3.91. The molecule has 0 aromatic heterocycles. The molecular weight excluding hydrogens is 326 g/mol. The lowest BCUT2D eigenvalue weighted by Gasteiger charge is -2.22. The molecule has 0 radical (unpaired) electrons. The van der Waals surface area contributed by atoms with Crippen molar-refractivity contribution in [1.82, 2.24) is 4.90 Å². The maximum Gasteiger partial charge on any atom is 0.409 e. The molecule has 4 nitrogen and oxygen atoms in total. The highest BCUT2D eigenvalue weighted by Crippen LogP contribution is 2.44. The van der Waals surface area contributed by atoms with E-state index in [9.17, 15) is 9.90 Å². The van der Waals surface area contributed by atoms with Gasteiger partial charge in [-0.25, -0.2) is 4.79 Å². The first-order chi connectivity index (χ1) is 12.8. The molecule has 0 bridgehead atoms. The lowest BCUT2D eigenvalue weighted by atomic mass is 9.98. The minimum atomic E-state index is -0.336. The SMILES string of the molecule is CCCCCN(CCO)C(=O)OCC1c2ccccc2-c2ccccc21. The molecule has 4 heteroatoms. The van der Waals surface area contributed by atoms with Crippen LogP contribution in [0.3, 0.4) is 0 Å². The Morgan fingerprint density at radius 2 is 1.62 bits per heavy atom. The Morgan fingerprint density at radius 3 is 2.19 bits per heavy atom. The summed E-state index contributed by atoms with van der Waals surface area (Å²) in [4.78, 5) is 14.1. The predicted molar refractivity (Wildman–Crippen MR) is 103 cm³/mol. The molecule has 0 saturated heterocycles. The summed E-state index contributed by atoms with van der Waals surface area (Å²) in [6.45, 7) is 3.36. The summed E-state index contributed by atoms with van der Waals surface area (Å²) < 4.78 is 5.66. The monoisotopic (exact) mass is 353 g/mol. The van der Waals surface area contributed by atoms with Crippen molar-refractivity contribution in [2.45, 2.75) is 32.1 Å². The minimum absolute atomic E-state index is 0.0453. The number of nitrogens with zero attached hydrogens (tertiary/aromatic N) is 1. The Bertz CT molecular complexity index is 698.